The molecular formula is C15H30N4. The predicted molar refractivity (Wildman–Crippen MR) is 81.3 cm³/mol. The lowest BCUT2D eigenvalue weighted by atomic mass is 9.85. The first-order valence-corrected chi connectivity index (χ1v) is 7.80. The molecule has 1 atom stereocenters. The highest BCUT2D eigenvalue weighted by Gasteiger charge is 2.45. The van der Waals surface area contributed by atoms with Gasteiger partial charge in [-0.2, -0.15) is 0 Å². The van der Waals surface area contributed by atoms with Gasteiger partial charge >= 0.3 is 0 Å². The van der Waals surface area contributed by atoms with Crippen LogP contribution in [0.2, 0.25) is 0 Å². The Labute approximate surface area is 118 Å². The van der Waals surface area contributed by atoms with Gasteiger partial charge in [0, 0.05) is 25.7 Å². The first kappa shape index (κ1) is 14.6. The van der Waals surface area contributed by atoms with Gasteiger partial charge < -0.3 is 15.5 Å². The van der Waals surface area contributed by atoms with Crippen LogP contribution in [-0.4, -0.2) is 53.5 Å². The average Bonchev–Trinajstić information content (AvgIpc) is 2.69. The van der Waals surface area contributed by atoms with Gasteiger partial charge in [-0.05, 0) is 32.1 Å². The van der Waals surface area contributed by atoms with E-state index >= 15 is 0 Å². The molecule has 0 aliphatic carbocycles. The lowest BCUT2D eigenvalue weighted by Gasteiger charge is -2.47. The van der Waals surface area contributed by atoms with Crippen molar-refractivity contribution < 1.29 is 0 Å². The number of guanidine groups is 1. The second kappa shape index (κ2) is 5.70. The Morgan fingerprint density at radius 1 is 1.26 bits per heavy atom. The van der Waals surface area contributed by atoms with Crippen LogP contribution >= 0.6 is 0 Å². The maximum Gasteiger partial charge on any atom is 0.192 e. The third-order valence-corrected chi connectivity index (χ3v) is 4.73. The van der Waals surface area contributed by atoms with Crippen molar-refractivity contribution in [3.63, 3.8) is 0 Å². The topological polar surface area (TPSA) is 44.9 Å². The molecule has 2 aliphatic heterocycles. The van der Waals surface area contributed by atoms with Crippen LogP contribution in [0.3, 0.4) is 0 Å². The lowest BCUT2D eigenvalue weighted by molar-refractivity contribution is 0.0598. The minimum absolute atomic E-state index is 0.215. The number of hydrogen-bond acceptors (Lipinski definition) is 4. The molecule has 1 fully saturated rings. The van der Waals surface area contributed by atoms with Crippen molar-refractivity contribution in [2.24, 2.45) is 16.6 Å². The molecule has 0 radical (unpaired) electrons. The molecular weight excluding hydrogens is 236 g/mol. The number of rotatable bonds is 4. The van der Waals surface area contributed by atoms with Gasteiger partial charge in [-0.25, -0.2) is 0 Å². The van der Waals surface area contributed by atoms with E-state index in [-0.39, 0.29) is 5.54 Å². The van der Waals surface area contributed by atoms with Crippen LogP contribution < -0.4 is 5.73 Å². The summed E-state index contributed by atoms with van der Waals surface area (Å²) in [4.78, 5) is 9.56. The van der Waals surface area contributed by atoms with E-state index in [9.17, 15) is 0 Å². The largest absolute Gasteiger partial charge is 0.370 e. The number of piperidine rings is 1. The lowest BCUT2D eigenvalue weighted by Crippen LogP contribution is -2.60. The summed E-state index contributed by atoms with van der Waals surface area (Å²) >= 11 is 0. The summed E-state index contributed by atoms with van der Waals surface area (Å²) in [6.07, 6.45) is 3.54. The molecule has 4 heteroatoms. The van der Waals surface area contributed by atoms with Gasteiger partial charge in [0.1, 0.15) is 0 Å². The fraction of sp³-hybridized carbons (Fsp3) is 0.933. The predicted octanol–water partition coefficient (Wildman–Crippen LogP) is 1.91. The molecule has 4 nitrogen and oxygen atoms in total. The van der Waals surface area contributed by atoms with Crippen molar-refractivity contribution in [2.45, 2.75) is 58.5 Å². The molecule has 0 amide bonds. The quantitative estimate of drug-likeness (QED) is 0.845. The van der Waals surface area contributed by atoms with E-state index in [4.69, 9.17) is 5.73 Å². The fourth-order valence-electron chi connectivity index (χ4n) is 3.57. The molecule has 0 saturated carbocycles. The van der Waals surface area contributed by atoms with Crippen LogP contribution in [-0.2, 0) is 0 Å². The molecule has 1 saturated heterocycles. The Morgan fingerprint density at radius 3 is 2.42 bits per heavy atom. The zero-order valence-corrected chi connectivity index (χ0v) is 13.0. The molecule has 1 unspecified atom stereocenters. The van der Waals surface area contributed by atoms with Gasteiger partial charge in [-0.15, -0.1) is 0 Å². The zero-order valence-electron chi connectivity index (χ0n) is 13.0. The summed E-state index contributed by atoms with van der Waals surface area (Å²) in [5.41, 5.74) is 6.35. The molecule has 19 heavy (non-hydrogen) atoms. The maximum atomic E-state index is 6.14. The van der Waals surface area contributed by atoms with Crippen molar-refractivity contribution in [1.29, 1.82) is 0 Å². The van der Waals surface area contributed by atoms with E-state index in [1.165, 1.54) is 32.5 Å². The summed E-state index contributed by atoms with van der Waals surface area (Å²) in [5, 5.41) is 0. The second-order valence-electron chi connectivity index (χ2n) is 6.72. The van der Waals surface area contributed by atoms with Gasteiger partial charge in [0.05, 0.1) is 12.1 Å². The standard InChI is InChI=1S/C15H30N4/c1-5-13(4)19-14(16)17-11-15(19)6-8-18(9-7-15)10-12(2)3/h12-13H,5-11H2,1-4H3,(H2,16,17). The van der Waals surface area contributed by atoms with E-state index in [0.29, 0.717) is 6.04 Å². The van der Waals surface area contributed by atoms with Gasteiger partial charge in [0.25, 0.3) is 0 Å². The molecule has 0 aromatic rings. The van der Waals surface area contributed by atoms with Crippen molar-refractivity contribution >= 4 is 5.96 Å². The van der Waals surface area contributed by atoms with Crippen molar-refractivity contribution in [1.82, 2.24) is 9.80 Å². The molecule has 0 aromatic carbocycles. The summed E-state index contributed by atoms with van der Waals surface area (Å²) in [6.45, 7) is 13.6. The Balaban J connectivity index is 2.01. The Hall–Kier alpha value is -0.770. The van der Waals surface area contributed by atoms with E-state index < -0.39 is 0 Å². The van der Waals surface area contributed by atoms with Gasteiger partial charge in [-0.1, -0.05) is 20.8 Å². The molecule has 0 aromatic heterocycles. The molecule has 2 aliphatic rings. The van der Waals surface area contributed by atoms with Crippen LogP contribution in [0.25, 0.3) is 0 Å². The van der Waals surface area contributed by atoms with E-state index in [0.717, 1.165) is 24.8 Å². The highest BCUT2D eigenvalue weighted by atomic mass is 15.4. The Kier molecular flexibility index (Phi) is 4.39. The number of aliphatic imine (C=N–C) groups is 1. The third-order valence-electron chi connectivity index (χ3n) is 4.73. The average molecular weight is 266 g/mol. The minimum atomic E-state index is 0.215. The Morgan fingerprint density at radius 2 is 1.89 bits per heavy atom. The van der Waals surface area contributed by atoms with Crippen molar-refractivity contribution in [3.8, 4) is 0 Å². The van der Waals surface area contributed by atoms with Crippen LogP contribution in [0, 0.1) is 5.92 Å². The first-order chi connectivity index (χ1) is 8.98. The zero-order chi connectivity index (χ0) is 14.0. The van der Waals surface area contributed by atoms with Crippen LogP contribution in [0.4, 0.5) is 0 Å². The van der Waals surface area contributed by atoms with Crippen LogP contribution in [0.15, 0.2) is 4.99 Å². The van der Waals surface area contributed by atoms with Gasteiger partial charge in [0.2, 0.25) is 0 Å². The summed E-state index contributed by atoms with van der Waals surface area (Å²) in [7, 11) is 0. The maximum absolute atomic E-state index is 6.14. The highest BCUT2D eigenvalue weighted by molar-refractivity contribution is 5.81. The molecule has 2 heterocycles. The van der Waals surface area contributed by atoms with Gasteiger partial charge in [-0.3, -0.25) is 4.99 Å². The van der Waals surface area contributed by atoms with Gasteiger partial charge in [0.15, 0.2) is 5.96 Å². The number of hydrogen-bond donors (Lipinski definition) is 1. The van der Waals surface area contributed by atoms with Crippen molar-refractivity contribution in [2.75, 3.05) is 26.2 Å². The number of nitrogens with two attached hydrogens (primary N) is 1. The van der Waals surface area contributed by atoms with Crippen LogP contribution in [0.1, 0.15) is 47.0 Å². The molecule has 2 rings (SSSR count). The number of nitrogens with zero attached hydrogens (tertiary/aromatic N) is 3. The SMILES string of the molecule is CCC(C)N1C(N)=NCC12CCN(CC(C)C)CC2. The first-order valence-electron chi connectivity index (χ1n) is 7.80. The number of likely N-dealkylation sites (tertiary alicyclic amines) is 1. The molecule has 110 valence electrons. The Bertz CT molecular complexity index is 329. The summed E-state index contributed by atoms with van der Waals surface area (Å²) < 4.78 is 0. The normalized spacial score (nSPS) is 25.1. The van der Waals surface area contributed by atoms with Crippen molar-refractivity contribution in [3.05, 3.63) is 0 Å². The summed E-state index contributed by atoms with van der Waals surface area (Å²) in [5.74, 6) is 1.52. The molecule has 1 spiro atoms. The minimum Gasteiger partial charge on any atom is -0.370 e. The molecule has 2 N–H and O–H groups in total. The van der Waals surface area contributed by atoms with Crippen LogP contribution in [0.5, 0.6) is 0 Å². The third kappa shape index (κ3) is 2.88. The van der Waals surface area contributed by atoms with E-state index in [2.05, 4.69) is 42.5 Å². The van der Waals surface area contributed by atoms with E-state index in [1.807, 2.05) is 0 Å². The second-order valence-corrected chi connectivity index (χ2v) is 6.72. The monoisotopic (exact) mass is 266 g/mol. The highest BCUT2D eigenvalue weighted by Crippen LogP contribution is 2.35. The molecule has 0 bridgehead atoms. The summed E-state index contributed by atoms with van der Waals surface area (Å²) in [6, 6.07) is 0.503. The fourth-order valence-corrected chi connectivity index (χ4v) is 3.57. The van der Waals surface area contributed by atoms with E-state index in [1.54, 1.807) is 0 Å². The smallest absolute Gasteiger partial charge is 0.192 e.